The molecule has 4 heteroatoms. The average molecular weight is 286 g/mol. The molecular formula is C17H22N2O2. The van der Waals surface area contributed by atoms with Gasteiger partial charge in [0.05, 0.1) is 6.61 Å². The molecule has 1 heterocycles. The van der Waals surface area contributed by atoms with Crippen LogP contribution in [0.5, 0.6) is 0 Å². The highest BCUT2D eigenvalue weighted by Gasteiger charge is 2.31. The molecule has 0 spiro atoms. The summed E-state index contributed by atoms with van der Waals surface area (Å²) in [7, 11) is 0. The van der Waals surface area contributed by atoms with Crippen molar-refractivity contribution in [1.82, 2.24) is 9.88 Å². The van der Waals surface area contributed by atoms with E-state index < -0.39 is 0 Å². The van der Waals surface area contributed by atoms with Crippen LogP contribution >= 0.6 is 0 Å². The van der Waals surface area contributed by atoms with Gasteiger partial charge in [-0.15, -0.1) is 0 Å². The minimum atomic E-state index is 0.0501. The Kier molecular flexibility index (Phi) is 3.97. The zero-order valence-corrected chi connectivity index (χ0v) is 12.4. The molecule has 0 radical (unpaired) electrons. The molecule has 1 amide bonds. The Morgan fingerprint density at radius 1 is 1.43 bits per heavy atom. The highest BCUT2D eigenvalue weighted by atomic mass is 16.3. The molecule has 3 rings (SSSR count). The number of aliphatic hydroxyl groups is 1. The maximum absolute atomic E-state index is 12.3. The van der Waals surface area contributed by atoms with Gasteiger partial charge in [-0.1, -0.05) is 18.2 Å². The molecule has 4 nitrogen and oxygen atoms in total. The first-order valence-electron chi connectivity index (χ1n) is 7.66. The molecule has 0 atom stereocenters. The fraction of sp³-hybridized carbons (Fsp3) is 0.471. The van der Waals surface area contributed by atoms with E-state index in [1.54, 1.807) is 0 Å². The number of aromatic nitrogens is 1. The number of hydrogen-bond acceptors (Lipinski definition) is 2. The number of aliphatic hydroxyl groups excluding tert-OH is 1. The number of nitrogens with zero attached hydrogens (tertiary/aromatic N) is 1. The van der Waals surface area contributed by atoms with E-state index in [4.69, 9.17) is 5.11 Å². The summed E-state index contributed by atoms with van der Waals surface area (Å²) in [5, 5.41) is 10.3. The topological polar surface area (TPSA) is 56.3 Å². The molecule has 2 N–H and O–H groups in total. The molecule has 21 heavy (non-hydrogen) atoms. The number of rotatable bonds is 6. The molecular weight excluding hydrogens is 264 g/mol. The fourth-order valence-corrected chi connectivity index (χ4v) is 2.96. The number of carbonyl (C=O) groups excluding carboxylic acids is 1. The Morgan fingerprint density at radius 2 is 2.24 bits per heavy atom. The van der Waals surface area contributed by atoms with Gasteiger partial charge in [0.15, 0.2) is 0 Å². The number of aromatic amines is 1. The normalized spacial score (nSPS) is 14.6. The minimum absolute atomic E-state index is 0.0501. The molecule has 1 aliphatic carbocycles. The van der Waals surface area contributed by atoms with Crippen molar-refractivity contribution in [3.05, 3.63) is 35.5 Å². The Balaban J connectivity index is 1.68. The summed E-state index contributed by atoms with van der Waals surface area (Å²) in [6.07, 6.45) is 5.43. The van der Waals surface area contributed by atoms with Crippen molar-refractivity contribution in [1.29, 1.82) is 0 Å². The lowest BCUT2D eigenvalue weighted by Gasteiger charge is -2.21. The van der Waals surface area contributed by atoms with Crippen molar-refractivity contribution in [3.63, 3.8) is 0 Å². The van der Waals surface area contributed by atoms with Crippen LogP contribution < -0.4 is 0 Å². The van der Waals surface area contributed by atoms with Gasteiger partial charge in [-0.25, -0.2) is 0 Å². The highest BCUT2D eigenvalue weighted by molar-refractivity contribution is 5.86. The predicted molar refractivity (Wildman–Crippen MR) is 83.2 cm³/mol. The lowest BCUT2D eigenvalue weighted by atomic mass is 10.1. The molecule has 0 aliphatic heterocycles. The Hall–Kier alpha value is -1.81. The van der Waals surface area contributed by atoms with E-state index in [1.165, 1.54) is 16.5 Å². The molecule has 1 aromatic carbocycles. The summed E-state index contributed by atoms with van der Waals surface area (Å²) in [5.74, 6) is 0.161. The number of carbonyl (C=O) groups is 1. The van der Waals surface area contributed by atoms with Crippen molar-refractivity contribution in [3.8, 4) is 0 Å². The van der Waals surface area contributed by atoms with Gasteiger partial charge in [-0.3, -0.25) is 4.79 Å². The predicted octanol–water partition coefficient (Wildman–Crippen LogP) is 2.39. The number of fused-ring (bicyclic) bond motifs is 1. The number of amides is 1. The summed E-state index contributed by atoms with van der Waals surface area (Å²) >= 11 is 0. The molecule has 1 saturated carbocycles. The highest BCUT2D eigenvalue weighted by Crippen LogP contribution is 2.28. The smallest absolute Gasteiger partial charge is 0.223 e. The lowest BCUT2D eigenvalue weighted by Crippen LogP contribution is -2.35. The summed E-state index contributed by atoms with van der Waals surface area (Å²) < 4.78 is 0. The van der Waals surface area contributed by atoms with Crippen LogP contribution in [0.15, 0.2) is 24.4 Å². The van der Waals surface area contributed by atoms with E-state index in [0.717, 1.165) is 24.8 Å². The van der Waals surface area contributed by atoms with E-state index in [-0.39, 0.29) is 12.5 Å². The van der Waals surface area contributed by atoms with Crippen molar-refractivity contribution in [2.24, 2.45) is 0 Å². The van der Waals surface area contributed by atoms with Gasteiger partial charge in [-0.05, 0) is 37.3 Å². The number of H-pyrrole nitrogens is 1. The summed E-state index contributed by atoms with van der Waals surface area (Å²) in [6, 6.07) is 6.61. The van der Waals surface area contributed by atoms with Crippen LogP contribution in [0.1, 0.15) is 30.4 Å². The largest absolute Gasteiger partial charge is 0.395 e. The van der Waals surface area contributed by atoms with Gasteiger partial charge in [0.25, 0.3) is 0 Å². The number of para-hydroxylation sites is 1. The second kappa shape index (κ2) is 5.90. The van der Waals surface area contributed by atoms with Gasteiger partial charge in [-0.2, -0.15) is 0 Å². The average Bonchev–Trinajstić information content (AvgIpc) is 3.23. The summed E-state index contributed by atoms with van der Waals surface area (Å²) in [5.41, 5.74) is 3.58. The third kappa shape index (κ3) is 2.95. The van der Waals surface area contributed by atoms with Crippen LogP contribution in [-0.2, 0) is 11.2 Å². The van der Waals surface area contributed by atoms with Gasteiger partial charge in [0.2, 0.25) is 5.91 Å². The van der Waals surface area contributed by atoms with Crippen molar-refractivity contribution in [2.45, 2.75) is 38.6 Å². The first kappa shape index (κ1) is 14.1. The molecule has 0 unspecified atom stereocenters. The zero-order chi connectivity index (χ0) is 14.8. The quantitative estimate of drug-likeness (QED) is 0.856. The fourth-order valence-electron chi connectivity index (χ4n) is 2.96. The minimum Gasteiger partial charge on any atom is -0.395 e. The first-order chi connectivity index (χ1) is 10.2. The van der Waals surface area contributed by atoms with Crippen LogP contribution in [-0.4, -0.2) is 40.1 Å². The van der Waals surface area contributed by atoms with Gasteiger partial charge in [0, 0.05) is 36.1 Å². The van der Waals surface area contributed by atoms with E-state index in [1.807, 2.05) is 11.1 Å². The maximum atomic E-state index is 12.3. The number of aryl methyl sites for hydroxylation is 2. The van der Waals surface area contributed by atoms with Crippen molar-refractivity contribution >= 4 is 16.8 Å². The van der Waals surface area contributed by atoms with Crippen LogP contribution in [0, 0.1) is 6.92 Å². The third-order valence-electron chi connectivity index (χ3n) is 4.27. The molecule has 1 aliphatic rings. The van der Waals surface area contributed by atoms with E-state index >= 15 is 0 Å². The Morgan fingerprint density at radius 3 is 2.95 bits per heavy atom. The number of hydrogen-bond donors (Lipinski definition) is 2. The van der Waals surface area contributed by atoms with Crippen molar-refractivity contribution in [2.75, 3.05) is 13.2 Å². The second-order valence-electron chi connectivity index (χ2n) is 5.85. The lowest BCUT2D eigenvalue weighted by molar-refractivity contribution is -0.132. The summed E-state index contributed by atoms with van der Waals surface area (Å²) in [4.78, 5) is 17.5. The first-order valence-corrected chi connectivity index (χ1v) is 7.66. The van der Waals surface area contributed by atoms with Crippen LogP contribution in [0.3, 0.4) is 0 Å². The van der Waals surface area contributed by atoms with Crippen LogP contribution in [0.2, 0.25) is 0 Å². The van der Waals surface area contributed by atoms with Crippen LogP contribution in [0.25, 0.3) is 10.9 Å². The van der Waals surface area contributed by atoms with Gasteiger partial charge >= 0.3 is 0 Å². The van der Waals surface area contributed by atoms with E-state index in [0.29, 0.717) is 19.0 Å². The van der Waals surface area contributed by atoms with E-state index in [2.05, 4.69) is 30.1 Å². The van der Waals surface area contributed by atoms with E-state index in [9.17, 15) is 4.79 Å². The third-order valence-corrected chi connectivity index (χ3v) is 4.27. The van der Waals surface area contributed by atoms with Crippen LogP contribution in [0.4, 0.5) is 0 Å². The Bertz CT molecular complexity index is 643. The molecule has 112 valence electrons. The second-order valence-corrected chi connectivity index (χ2v) is 5.85. The summed E-state index contributed by atoms with van der Waals surface area (Å²) in [6.45, 7) is 2.61. The standard InChI is InChI=1S/C17H22N2O2/c1-12-3-2-4-15-13(11-18-17(12)15)5-8-16(21)19(9-10-20)14-6-7-14/h2-4,11,14,18,20H,5-10H2,1H3. The van der Waals surface area contributed by atoms with Gasteiger partial charge < -0.3 is 15.0 Å². The molecule has 2 aromatic rings. The Labute approximate surface area is 124 Å². The number of nitrogens with one attached hydrogen (secondary N) is 1. The maximum Gasteiger partial charge on any atom is 0.223 e. The molecule has 0 saturated heterocycles. The molecule has 1 fully saturated rings. The zero-order valence-electron chi connectivity index (χ0n) is 12.4. The van der Waals surface area contributed by atoms with Gasteiger partial charge in [0.1, 0.15) is 0 Å². The molecule has 1 aromatic heterocycles. The number of benzene rings is 1. The van der Waals surface area contributed by atoms with Crippen molar-refractivity contribution < 1.29 is 9.90 Å². The molecule has 0 bridgehead atoms. The monoisotopic (exact) mass is 286 g/mol. The SMILES string of the molecule is Cc1cccc2c(CCC(=O)N(CCO)C3CC3)c[nH]c12.